The Balaban J connectivity index is 0.00000243. The number of benzene rings is 2. The van der Waals surface area contributed by atoms with E-state index in [0.29, 0.717) is 6.54 Å². The van der Waals surface area contributed by atoms with E-state index in [-0.39, 0.29) is 30.3 Å². The molecule has 140 valence electrons. The Labute approximate surface area is 169 Å². The van der Waals surface area contributed by atoms with E-state index in [1.54, 1.807) is 7.11 Å². The van der Waals surface area contributed by atoms with E-state index in [2.05, 4.69) is 51.7 Å². The molecule has 26 heavy (non-hydrogen) atoms. The van der Waals surface area contributed by atoms with E-state index < -0.39 is 0 Å². The molecule has 1 atom stereocenters. The molecule has 1 unspecified atom stereocenters. The Morgan fingerprint density at radius 1 is 1.23 bits per heavy atom. The van der Waals surface area contributed by atoms with Gasteiger partial charge in [0.15, 0.2) is 0 Å². The zero-order valence-electron chi connectivity index (χ0n) is 14.9. The number of halogens is 2. The van der Waals surface area contributed by atoms with Gasteiger partial charge in [-0.05, 0) is 55.7 Å². The van der Waals surface area contributed by atoms with E-state index >= 15 is 0 Å². The van der Waals surface area contributed by atoms with Gasteiger partial charge in [0.05, 0.1) is 7.11 Å². The van der Waals surface area contributed by atoms with Crippen LogP contribution in [0.25, 0.3) is 0 Å². The zero-order chi connectivity index (χ0) is 17.8. The predicted molar refractivity (Wildman–Crippen MR) is 111 cm³/mol. The van der Waals surface area contributed by atoms with Gasteiger partial charge in [0, 0.05) is 34.2 Å². The first-order chi connectivity index (χ1) is 12.1. The van der Waals surface area contributed by atoms with Crippen LogP contribution in [0.5, 0.6) is 5.75 Å². The van der Waals surface area contributed by atoms with Gasteiger partial charge in [-0.25, -0.2) is 0 Å². The Hall–Kier alpha value is -1.56. The molecule has 2 N–H and O–H groups in total. The highest BCUT2D eigenvalue weighted by Gasteiger charge is 2.29. The third kappa shape index (κ3) is 5.47. The van der Waals surface area contributed by atoms with Gasteiger partial charge in [0.2, 0.25) is 5.91 Å². The highest BCUT2D eigenvalue weighted by atomic mass is 79.9. The molecule has 0 saturated heterocycles. The van der Waals surface area contributed by atoms with Gasteiger partial charge < -0.3 is 15.4 Å². The summed E-state index contributed by atoms with van der Waals surface area (Å²) in [4.78, 5) is 11.8. The summed E-state index contributed by atoms with van der Waals surface area (Å²) in [5, 5.41) is 6.49. The van der Waals surface area contributed by atoms with Crippen molar-refractivity contribution in [2.24, 2.45) is 5.92 Å². The molecule has 6 heteroatoms. The molecule has 1 fully saturated rings. The van der Waals surface area contributed by atoms with Crippen molar-refractivity contribution in [1.29, 1.82) is 0 Å². The quantitative estimate of drug-likeness (QED) is 0.632. The molecule has 2 aromatic rings. The number of nitrogens with one attached hydrogen (secondary N) is 2. The number of ether oxygens (including phenoxy) is 1. The van der Waals surface area contributed by atoms with Gasteiger partial charge in [-0.15, -0.1) is 12.4 Å². The molecule has 1 amide bonds. The summed E-state index contributed by atoms with van der Waals surface area (Å²) in [6, 6.07) is 14.2. The van der Waals surface area contributed by atoms with Gasteiger partial charge in [-0.1, -0.05) is 28.1 Å². The second kappa shape index (κ2) is 9.40. The summed E-state index contributed by atoms with van der Waals surface area (Å²) in [5.74, 6) is 1.24. The Bertz CT molecular complexity index is 748. The van der Waals surface area contributed by atoms with Crippen molar-refractivity contribution in [3.05, 3.63) is 58.1 Å². The molecule has 3 rings (SSSR count). The normalized spacial score (nSPS) is 14.3. The number of anilines is 1. The van der Waals surface area contributed by atoms with Crippen molar-refractivity contribution in [3.63, 3.8) is 0 Å². The molecule has 0 spiro atoms. The first-order valence-electron chi connectivity index (χ1n) is 8.53. The van der Waals surface area contributed by atoms with Gasteiger partial charge >= 0.3 is 0 Å². The molecular formula is C20H24BrClN2O2. The maximum atomic E-state index is 11.8. The molecule has 0 heterocycles. The average Bonchev–Trinajstić information content (AvgIpc) is 3.45. The molecule has 0 aromatic heterocycles. The molecule has 1 saturated carbocycles. The van der Waals surface area contributed by atoms with Crippen LogP contribution in [-0.2, 0) is 11.3 Å². The van der Waals surface area contributed by atoms with Crippen molar-refractivity contribution in [2.75, 3.05) is 12.4 Å². The van der Waals surface area contributed by atoms with Crippen LogP contribution in [-0.4, -0.2) is 13.0 Å². The van der Waals surface area contributed by atoms with Crippen LogP contribution in [0.1, 0.15) is 36.9 Å². The molecule has 1 aliphatic carbocycles. The minimum Gasteiger partial charge on any atom is -0.496 e. The second-order valence-electron chi connectivity index (χ2n) is 6.44. The first kappa shape index (κ1) is 20.7. The maximum Gasteiger partial charge on any atom is 0.227 e. The standard InChI is InChI=1S/C20H23BrN2O2.ClH/c1-13(22-12-16-11-17(21)7-10-19(16)25-2)14-5-8-18(9-6-14)23-20(24)15-3-4-15;/h5-11,13,15,22H,3-4,12H2,1-2H3,(H,23,24);1H. The van der Waals surface area contributed by atoms with Crippen LogP contribution >= 0.6 is 28.3 Å². The van der Waals surface area contributed by atoms with E-state index in [1.807, 2.05) is 24.3 Å². The number of hydrogen-bond donors (Lipinski definition) is 2. The summed E-state index contributed by atoms with van der Waals surface area (Å²) < 4.78 is 6.45. The molecule has 0 bridgehead atoms. The van der Waals surface area contributed by atoms with Crippen LogP contribution in [0.2, 0.25) is 0 Å². The smallest absolute Gasteiger partial charge is 0.227 e. The summed E-state index contributed by atoms with van der Waals surface area (Å²) >= 11 is 3.50. The Morgan fingerprint density at radius 3 is 2.54 bits per heavy atom. The highest BCUT2D eigenvalue weighted by Crippen LogP contribution is 2.30. The lowest BCUT2D eigenvalue weighted by atomic mass is 10.1. The maximum absolute atomic E-state index is 11.8. The van der Waals surface area contributed by atoms with Gasteiger partial charge in [-0.2, -0.15) is 0 Å². The number of amides is 1. The van der Waals surface area contributed by atoms with Crippen LogP contribution in [0.4, 0.5) is 5.69 Å². The molecule has 1 aliphatic rings. The summed E-state index contributed by atoms with van der Waals surface area (Å²) in [5.41, 5.74) is 3.15. The van der Waals surface area contributed by atoms with Gasteiger partial charge in [-0.3, -0.25) is 4.79 Å². The van der Waals surface area contributed by atoms with E-state index in [1.165, 1.54) is 5.56 Å². The molecule has 0 aliphatic heterocycles. The molecule has 4 nitrogen and oxygen atoms in total. The van der Waals surface area contributed by atoms with Gasteiger partial charge in [0.25, 0.3) is 0 Å². The second-order valence-corrected chi connectivity index (χ2v) is 7.36. The Kier molecular flexibility index (Phi) is 7.50. The van der Waals surface area contributed by atoms with Crippen LogP contribution < -0.4 is 15.4 Å². The van der Waals surface area contributed by atoms with E-state index in [4.69, 9.17) is 4.74 Å². The third-order valence-corrected chi connectivity index (χ3v) is 4.96. The minimum atomic E-state index is 0. The van der Waals surface area contributed by atoms with Crippen molar-refractivity contribution in [3.8, 4) is 5.75 Å². The predicted octanol–water partition coefficient (Wildman–Crippen LogP) is 5.08. The van der Waals surface area contributed by atoms with Crippen LogP contribution in [0.3, 0.4) is 0 Å². The number of hydrogen-bond acceptors (Lipinski definition) is 3. The number of carbonyl (C=O) groups excluding carboxylic acids is 1. The number of methoxy groups -OCH3 is 1. The lowest BCUT2D eigenvalue weighted by Crippen LogP contribution is -2.18. The largest absolute Gasteiger partial charge is 0.496 e. The fourth-order valence-electron chi connectivity index (χ4n) is 2.71. The molecular weight excluding hydrogens is 416 g/mol. The van der Waals surface area contributed by atoms with Crippen molar-refractivity contribution in [2.45, 2.75) is 32.4 Å². The molecule has 0 radical (unpaired) electrons. The van der Waals surface area contributed by atoms with Crippen LogP contribution in [0, 0.1) is 5.92 Å². The van der Waals surface area contributed by atoms with Crippen molar-refractivity contribution >= 4 is 39.9 Å². The Morgan fingerprint density at radius 2 is 1.92 bits per heavy atom. The topological polar surface area (TPSA) is 50.4 Å². The van der Waals surface area contributed by atoms with Crippen molar-refractivity contribution < 1.29 is 9.53 Å². The summed E-state index contributed by atoms with van der Waals surface area (Å²) in [7, 11) is 1.69. The third-order valence-electron chi connectivity index (χ3n) is 4.47. The monoisotopic (exact) mass is 438 g/mol. The first-order valence-corrected chi connectivity index (χ1v) is 9.32. The minimum absolute atomic E-state index is 0. The lowest BCUT2D eigenvalue weighted by Gasteiger charge is -2.16. The van der Waals surface area contributed by atoms with E-state index in [9.17, 15) is 4.79 Å². The SMILES string of the molecule is COc1ccc(Br)cc1CNC(C)c1ccc(NC(=O)C2CC2)cc1.Cl. The fourth-order valence-corrected chi connectivity index (χ4v) is 3.12. The zero-order valence-corrected chi connectivity index (χ0v) is 17.3. The van der Waals surface area contributed by atoms with E-state index in [0.717, 1.165) is 34.3 Å². The number of rotatable bonds is 7. The van der Waals surface area contributed by atoms with Gasteiger partial charge in [0.1, 0.15) is 5.75 Å². The van der Waals surface area contributed by atoms with Crippen molar-refractivity contribution in [1.82, 2.24) is 5.32 Å². The summed E-state index contributed by atoms with van der Waals surface area (Å²) in [6.45, 7) is 2.84. The average molecular weight is 440 g/mol. The lowest BCUT2D eigenvalue weighted by molar-refractivity contribution is -0.117. The highest BCUT2D eigenvalue weighted by molar-refractivity contribution is 9.10. The fraction of sp³-hybridized carbons (Fsp3) is 0.350. The molecule has 2 aromatic carbocycles. The number of carbonyl (C=O) groups is 1. The van der Waals surface area contributed by atoms with Crippen LogP contribution in [0.15, 0.2) is 46.9 Å². The summed E-state index contributed by atoms with van der Waals surface area (Å²) in [6.07, 6.45) is 2.04.